The first kappa shape index (κ1) is 12.4. The van der Waals surface area contributed by atoms with Crippen molar-refractivity contribution >= 4 is 11.5 Å². The maximum atomic E-state index is 5.92. The van der Waals surface area contributed by atoms with Crippen LogP contribution in [-0.4, -0.2) is 35.2 Å². The molecule has 0 amide bonds. The molecule has 0 bridgehead atoms. The number of imidazole rings is 1. The molecule has 0 saturated carbocycles. The molecule has 3 heterocycles. The van der Waals surface area contributed by atoms with E-state index in [1.54, 1.807) is 0 Å². The summed E-state index contributed by atoms with van der Waals surface area (Å²) in [5.41, 5.74) is 7.95. The van der Waals surface area contributed by atoms with Gasteiger partial charge < -0.3 is 19.8 Å². The topological polar surface area (TPSA) is 55.8 Å². The monoisotopic (exact) mass is 260 g/mol. The summed E-state index contributed by atoms with van der Waals surface area (Å²) in [4.78, 5) is 7.04. The van der Waals surface area contributed by atoms with Gasteiger partial charge in [0.1, 0.15) is 5.65 Å². The molecule has 2 N–H and O–H groups in total. The Kier molecular flexibility index (Phi) is 3.40. The number of hydrogen-bond acceptors (Lipinski definition) is 4. The number of ether oxygens (including phenoxy) is 1. The van der Waals surface area contributed by atoms with Crippen molar-refractivity contribution in [3.63, 3.8) is 0 Å². The highest BCUT2D eigenvalue weighted by Crippen LogP contribution is 2.23. The summed E-state index contributed by atoms with van der Waals surface area (Å²) in [5.74, 6) is 1.01. The van der Waals surface area contributed by atoms with Crippen LogP contribution in [0.2, 0.25) is 0 Å². The van der Waals surface area contributed by atoms with Crippen LogP contribution in [0, 0.1) is 0 Å². The maximum absolute atomic E-state index is 5.92. The fourth-order valence-corrected chi connectivity index (χ4v) is 2.66. The van der Waals surface area contributed by atoms with Gasteiger partial charge in [0.15, 0.2) is 5.82 Å². The van der Waals surface area contributed by atoms with Gasteiger partial charge in [0.25, 0.3) is 0 Å². The Hall–Kier alpha value is -1.59. The summed E-state index contributed by atoms with van der Waals surface area (Å²) in [6.07, 6.45) is 3.28. The van der Waals surface area contributed by atoms with Crippen LogP contribution in [-0.2, 0) is 11.3 Å². The van der Waals surface area contributed by atoms with Crippen molar-refractivity contribution in [1.29, 1.82) is 0 Å². The fraction of sp³-hybridized carbons (Fsp3) is 0.500. The number of fused-ring (bicyclic) bond motifs is 1. The van der Waals surface area contributed by atoms with Crippen LogP contribution < -0.4 is 10.6 Å². The van der Waals surface area contributed by atoms with Crippen molar-refractivity contribution in [2.45, 2.75) is 26.0 Å². The Morgan fingerprint density at radius 1 is 1.47 bits per heavy atom. The number of anilines is 1. The predicted molar refractivity (Wildman–Crippen MR) is 75.3 cm³/mol. The van der Waals surface area contributed by atoms with Crippen molar-refractivity contribution < 1.29 is 4.74 Å². The van der Waals surface area contributed by atoms with Crippen LogP contribution in [0.15, 0.2) is 24.4 Å². The molecular weight excluding hydrogens is 240 g/mol. The molecule has 0 spiro atoms. The number of nitrogens with two attached hydrogens (primary N) is 1. The molecule has 2 aromatic rings. The van der Waals surface area contributed by atoms with E-state index in [-0.39, 0.29) is 6.10 Å². The third-order valence-electron chi connectivity index (χ3n) is 3.55. The van der Waals surface area contributed by atoms with Crippen molar-refractivity contribution in [3.8, 4) is 0 Å². The van der Waals surface area contributed by atoms with Gasteiger partial charge in [-0.2, -0.15) is 0 Å². The third kappa shape index (κ3) is 2.31. The first-order valence-corrected chi connectivity index (χ1v) is 6.82. The van der Waals surface area contributed by atoms with Gasteiger partial charge in [-0.15, -0.1) is 0 Å². The lowest BCUT2D eigenvalue weighted by Gasteiger charge is -2.23. The lowest BCUT2D eigenvalue weighted by Crippen LogP contribution is -2.31. The van der Waals surface area contributed by atoms with Gasteiger partial charge in [-0.25, -0.2) is 4.98 Å². The lowest BCUT2D eigenvalue weighted by atomic mass is 10.3. The molecule has 0 aliphatic carbocycles. The fourth-order valence-electron chi connectivity index (χ4n) is 2.66. The molecule has 2 aromatic heterocycles. The van der Waals surface area contributed by atoms with Gasteiger partial charge in [-0.05, 0) is 25.5 Å². The third-order valence-corrected chi connectivity index (χ3v) is 3.55. The van der Waals surface area contributed by atoms with E-state index in [4.69, 9.17) is 15.5 Å². The minimum Gasteiger partial charge on any atom is -0.377 e. The molecule has 1 aliphatic rings. The smallest absolute Gasteiger partial charge is 0.152 e. The Morgan fingerprint density at radius 3 is 3.21 bits per heavy atom. The second-order valence-corrected chi connectivity index (χ2v) is 5.00. The summed E-state index contributed by atoms with van der Waals surface area (Å²) in [5, 5.41) is 0. The first-order valence-electron chi connectivity index (χ1n) is 6.82. The summed E-state index contributed by atoms with van der Waals surface area (Å²) in [6.45, 7) is 5.27. The van der Waals surface area contributed by atoms with Crippen molar-refractivity contribution in [1.82, 2.24) is 9.38 Å². The average molecular weight is 260 g/mol. The van der Waals surface area contributed by atoms with Crippen LogP contribution in [0.3, 0.4) is 0 Å². The maximum Gasteiger partial charge on any atom is 0.152 e. The Bertz CT molecular complexity index is 566. The molecule has 102 valence electrons. The largest absolute Gasteiger partial charge is 0.377 e. The lowest BCUT2D eigenvalue weighted by molar-refractivity contribution is 0.0820. The van der Waals surface area contributed by atoms with Crippen molar-refractivity contribution in [2.24, 2.45) is 5.73 Å². The molecule has 1 aliphatic heterocycles. The standard InChI is InChI=1S/C14H20N4O/c1-11-10-17(6-4-8-19-11)14-12(9-15)18-7-3-2-5-13(18)16-14/h2-3,5,7,11H,4,6,8-10,15H2,1H3. The van der Waals surface area contributed by atoms with Gasteiger partial charge >= 0.3 is 0 Å². The minimum atomic E-state index is 0.234. The Balaban J connectivity index is 2.03. The van der Waals surface area contributed by atoms with E-state index in [0.717, 1.165) is 43.3 Å². The zero-order valence-electron chi connectivity index (χ0n) is 11.2. The molecule has 1 unspecified atom stereocenters. The van der Waals surface area contributed by atoms with E-state index in [1.807, 2.05) is 24.4 Å². The van der Waals surface area contributed by atoms with Gasteiger partial charge in [0.05, 0.1) is 11.8 Å². The molecule has 5 heteroatoms. The van der Waals surface area contributed by atoms with Crippen LogP contribution in [0.25, 0.3) is 5.65 Å². The summed E-state index contributed by atoms with van der Waals surface area (Å²) < 4.78 is 7.77. The molecule has 5 nitrogen and oxygen atoms in total. The van der Waals surface area contributed by atoms with E-state index in [1.165, 1.54) is 0 Å². The number of nitrogens with zero attached hydrogens (tertiary/aromatic N) is 3. The predicted octanol–water partition coefficient (Wildman–Crippen LogP) is 1.41. The number of pyridine rings is 1. The van der Waals surface area contributed by atoms with Gasteiger partial charge in [-0.1, -0.05) is 6.07 Å². The number of aromatic nitrogens is 2. The number of hydrogen-bond donors (Lipinski definition) is 1. The normalized spacial score (nSPS) is 20.7. The van der Waals surface area contributed by atoms with Crippen LogP contribution in [0.1, 0.15) is 19.0 Å². The molecule has 1 saturated heterocycles. The Labute approximate surface area is 113 Å². The number of rotatable bonds is 2. The highest BCUT2D eigenvalue weighted by molar-refractivity contribution is 5.56. The molecule has 0 aromatic carbocycles. The van der Waals surface area contributed by atoms with E-state index in [9.17, 15) is 0 Å². The van der Waals surface area contributed by atoms with Crippen LogP contribution >= 0.6 is 0 Å². The van der Waals surface area contributed by atoms with Crippen molar-refractivity contribution in [2.75, 3.05) is 24.6 Å². The molecule has 0 radical (unpaired) electrons. The molecular formula is C14H20N4O. The first-order chi connectivity index (χ1) is 9.29. The summed E-state index contributed by atoms with van der Waals surface area (Å²) in [7, 11) is 0. The highest BCUT2D eigenvalue weighted by atomic mass is 16.5. The van der Waals surface area contributed by atoms with Crippen molar-refractivity contribution in [3.05, 3.63) is 30.1 Å². The summed E-state index contributed by atoms with van der Waals surface area (Å²) >= 11 is 0. The second-order valence-electron chi connectivity index (χ2n) is 5.00. The van der Waals surface area contributed by atoms with E-state index in [0.29, 0.717) is 6.54 Å². The van der Waals surface area contributed by atoms with Gasteiger partial charge in [-0.3, -0.25) is 0 Å². The molecule has 1 atom stereocenters. The zero-order chi connectivity index (χ0) is 13.2. The quantitative estimate of drug-likeness (QED) is 0.887. The molecule has 3 rings (SSSR count). The summed E-state index contributed by atoms with van der Waals surface area (Å²) in [6, 6.07) is 6.02. The molecule has 19 heavy (non-hydrogen) atoms. The molecule has 1 fully saturated rings. The highest BCUT2D eigenvalue weighted by Gasteiger charge is 2.21. The van der Waals surface area contributed by atoms with E-state index < -0.39 is 0 Å². The van der Waals surface area contributed by atoms with Crippen LogP contribution in [0.4, 0.5) is 5.82 Å². The second kappa shape index (κ2) is 5.19. The van der Waals surface area contributed by atoms with E-state index >= 15 is 0 Å². The Morgan fingerprint density at radius 2 is 2.37 bits per heavy atom. The van der Waals surface area contributed by atoms with Gasteiger partial charge in [0.2, 0.25) is 0 Å². The average Bonchev–Trinajstić information content (AvgIpc) is 2.66. The zero-order valence-corrected chi connectivity index (χ0v) is 11.2. The SMILES string of the molecule is CC1CN(c2nc3ccccn3c2CN)CCCO1. The minimum absolute atomic E-state index is 0.234. The van der Waals surface area contributed by atoms with Crippen LogP contribution in [0.5, 0.6) is 0 Å². The van der Waals surface area contributed by atoms with Gasteiger partial charge in [0, 0.05) is 32.4 Å². The van der Waals surface area contributed by atoms with E-state index in [2.05, 4.69) is 16.2 Å².